The highest BCUT2D eigenvalue weighted by atomic mass is 16.6. The fourth-order valence-corrected chi connectivity index (χ4v) is 2.88. The van der Waals surface area contributed by atoms with Crippen molar-refractivity contribution in [2.45, 2.75) is 45.6 Å². The first-order valence-electron chi connectivity index (χ1n) is 10.3. The van der Waals surface area contributed by atoms with Crippen LogP contribution in [0.2, 0.25) is 0 Å². The van der Waals surface area contributed by atoms with Crippen molar-refractivity contribution in [3.63, 3.8) is 0 Å². The van der Waals surface area contributed by atoms with E-state index in [0.29, 0.717) is 17.9 Å². The van der Waals surface area contributed by atoms with Crippen LogP contribution in [0, 0.1) is 10.1 Å². The number of carbonyl (C=O) groups excluding carboxylic acids is 3. The lowest BCUT2D eigenvalue weighted by Gasteiger charge is -2.08. The number of nitro benzene ring substituents is 1. The Hall–Kier alpha value is -3.75. The molecule has 0 aromatic heterocycles. The smallest absolute Gasteiger partial charge is 0.306 e. The second-order valence-electron chi connectivity index (χ2n) is 7.13. The number of nitrogens with zero attached hydrogens (tertiary/aromatic N) is 1. The Kier molecular flexibility index (Phi) is 9.34. The summed E-state index contributed by atoms with van der Waals surface area (Å²) in [5, 5.41) is 11.2. The summed E-state index contributed by atoms with van der Waals surface area (Å²) >= 11 is 0. The number of Topliss-reactive ketones (excluding diaryl/α,β-unsaturated/α-hetero) is 1. The molecule has 0 radical (unpaired) electrons. The van der Waals surface area contributed by atoms with Gasteiger partial charge in [-0.3, -0.25) is 24.5 Å². The lowest BCUT2D eigenvalue weighted by atomic mass is 10.1. The number of hydrogen-bond acceptors (Lipinski definition) is 7. The number of amides is 1. The molecule has 170 valence electrons. The zero-order valence-electron chi connectivity index (χ0n) is 17.9. The Morgan fingerprint density at radius 3 is 2.31 bits per heavy atom. The number of nitro groups is 1. The summed E-state index contributed by atoms with van der Waals surface area (Å²) in [4.78, 5) is 46.0. The fraction of sp³-hybridized carbons (Fsp3) is 0.348. The lowest BCUT2D eigenvalue weighted by Crippen LogP contribution is -2.12. The average Bonchev–Trinajstić information content (AvgIpc) is 2.79. The lowest BCUT2D eigenvalue weighted by molar-refractivity contribution is -0.385. The number of ketones is 1. The molecule has 9 nitrogen and oxygen atoms in total. The zero-order chi connectivity index (χ0) is 23.5. The van der Waals surface area contributed by atoms with E-state index < -0.39 is 16.8 Å². The van der Waals surface area contributed by atoms with Crippen LogP contribution in [0.4, 0.5) is 5.69 Å². The topological polar surface area (TPSA) is 139 Å². The molecule has 0 saturated carbocycles. The molecule has 2 N–H and O–H groups in total. The van der Waals surface area contributed by atoms with Gasteiger partial charge in [-0.25, -0.2) is 0 Å². The van der Waals surface area contributed by atoms with Gasteiger partial charge in [0.1, 0.15) is 12.4 Å². The first-order chi connectivity index (χ1) is 15.3. The van der Waals surface area contributed by atoms with Gasteiger partial charge in [-0.2, -0.15) is 0 Å². The molecule has 2 aromatic rings. The third-order valence-corrected chi connectivity index (χ3v) is 4.70. The van der Waals surface area contributed by atoms with E-state index in [1.807, 2.05) is 0 Å². The number of primary amides is 1. The van der Waals surface area contributed by atoms with Crippen LogP contribution in [0.1, 0.15) is 65.3 Å². The Labute approximate surface area is 185 Å². The van der Waals surface area contributed by atoms with Crippen LogP contribution in [-0.2, 0) is 16.1 Å². The van der Waals surface area contributed by atoms with E-state index in [2.05, 4.69) is 6.92 Å². The molecule has 0 bridgehead atoms. The molecular weight excluding hydrogens is 416 g/mol. The van der Waals surface area contributed by atoms with Crippen molar-refractivity contribution >= 4 is 23.3 Å². The predicted octanol–water partition coefficient (Wildman–Crippen LogP) is 3.97. The van der Waals surface area contributed by atoms with Gasteiger partial charge in [0, 0.05) is 23.6 Å². The van der Waals surface area contributed by atoms with Gasteiger partial charge >= 0.3 is 5.97 Å². The fourth-order valence-electron chi connectivity index (χ4n) is 2.88. The van der Waals surface area contributed by atoms with E-state index >= 15 is 0 Å². The number of carbonyl (C=O) groups is 3. The standard InChI is InChI=1S/C23H26N2O7/c1-2-3-4-13-31-19-9-7-16(8-10-19)21(26)11-12-22(27)32-15-18-6-5-17(23(24)28)14-20(18)25(29)30/h5-10,14H,2-4,11-13,15H2,1H3,(H2,24,28). The molecule has 32 heavy (non-hydrogen) atoms. The molecule has 0 heterocycles. The van der Waals surface area contributed by atoms with Crippen molar-refractivity contribution in [3.05, 3.63) is 69.3 Å². The maximum Gasteiger partial charge on any atom is 0.306 e. The van der Waals surface area contributed by atoms with Gasteiger partial charge in [-0.15, -0.1) is 0 Å². The van der Waals surface area contributed by atoms with Gasteiger partial charge in [0.15, 0.2) is 5.78 Å². The predicted molar refractivity (Wildman–Crippen MR) is 116 cm³/mol. The summed E-state index contributed by atoms with van der Waals surface area (Å²) in [6.45, 7) is 2.38. The molecule has 0 saturated heterocycles. The largest absolute Gasteiger partial charge is 0.494 e. The molecule has 0 unspecified atom stereocenters. The van der Waals surface area contributed by atoms with E-state index in [0.717, 1.165) is 25.3 Å². The number of hydrogen-bond donors (Lipinski definition) is 1. The molecule has 0 aliphatic carbocycles. The number of ether oxygens (including phenoxy) is 2. The highest BCUT2D eigenvalue weighted by molar-refractivity contribution is 5.97. The van der Waals surface area contributed by atoms with Crippen molar-refractivity contribution in [1.82, 2.24) is 0 Å². The SMILES string of the molecule is CCCCCOc1ccc(C(=O)CCC(=O)OCc2ccc(C(N)=O)cc2[N+](=O)[O-])cc1. The summed E-state index contributed by atoms with van der Waals surface area (Å²) in [6.07, 6.45) is 2.95. The van der Waals surface area contributed by atoms with Crippen LogP contribution in [-0.4, -0.2) is 29.2 Å². The minimum Gasteiger partial charge on any atom is -0.494 e. The van der Waals surface area contributed by atoms with Crippen LogP contribution in [0.15, 0.2) is 42.5 Å². The molecule has 1 amide bonds. The highest BCUT2D eigenvalue weighted by Crippen LogP contribution is 2.21. The first kappa shape index (κ1) is 24.5. The van der Waals surface area contributed by atoms with Gasteiger partial charge in [-0.05, 0) is 42.8 Å². The maximum atomic E-state index is 12.3. The summed E-state index contributed by atoms with van der Waals surface area (Å²) in [7, 11) is 0. The van der Waals surface area contributed by atoms with Crippen molar-refractivity contribution in [2.24, 2.45) is 5.73 Å². The van der Waals surface area contributed by atoms with E-state index in [4.69, 9.17) is 15.2 Å². The molecule has 0 aliphatic heterocycles. The van der Waals surface area contributed by atoms with Crippen LogP contribution >= 0.6 is 0 Å². The summed E-state index contributed by atoms with van der Waals surface area (Å²) in [5.41, 5.74) is 5.31. The number of benzene rings is 2. The zero-order valence-corrected chi connectivity index (χ0v) is 17.9. The molecular formula is C23H26N2O7. The Morgan fingerprint density at radius 1 is 1.00 bits per heavy atom. The van der Waals surface area contributed by atoms with Crippen LogP contribution < -0.4 is 10.5 Å². The second-order valence-corrected chi connectivity index (χ2v) is 7.13. The normalized spacial score (nSPS) is 10.4. The Balaban J connectivity index is 1.83. The molecule has 0 fully saturated rings. The van der Waals surface area contributed by atoms with Crippen LogP contribution in [0.25, 0.3) is 0 Å². The quantitative estimate of drug-likeness (QED) is 0.163. The van der Waals surface area contributed by atoms with E-state index in [1.165, 1.54) is 12.1 Å². The van der Waals surface area contributed by atoms with E-state index in [-0.39, 0.29) is 42.0 Å². The maximum absolute atomic E-state index is 12.3. The van der Waals surface area contributed by atoms with E-state index in [1.54, 1.807) is 24.3 Å². The monoisotopic (exact) mass is 442 g/mol. The van der Waals surface area contributed by atoms with Crippen molar-refractivity contribution in [3.8, 4) is 5.75 Å². The molecule has 2 aromatic carbocycles. The second kappa shape index (κ2) is 12.2. The molecule has 0 aliphatic rings. The molecule has 0 spiro atoms. The molecule has 9 heteroatoms. The van der Waals surface area contributed by atoms with Crippen LogP contribution in [0.5, 0.6) is 5.75 Å². The minimum absolute atomic E-state index is 0.0187. The minimum atomic E-state index is -0.800. The van der Waals surface area contributed by atoms with Crippen LogP contribution in [0.3, 0.4) is 0 Å². The van der Waals surface area contributed by atoms with Gasteiger partial charge in [0.25, 0.3) is 5.69 Å². The number of esters is 1. The average molecular weight is 442 g/mol. The van der Waals surface area contributed by atoms with Crippen molar-refractivity contribution < 1.29 is 28.8 Å². The summed E-state index contributed by atoms with van der Waals surface area (Å²) < 4.78 is 10.7. The Bertz CT molecular complexity index is 971. The van der Waals surface area contributed by atoms with Gasteiger partial charge < -0.3 is 15.2 Å². The number of nitrogens with two attached hydrogens (primary N) is 1. The number of rotatable bonds is 13. The number of unbranched alkanes of at least 4 members (excludes halogenated alkanes) is 2. The summed E-state index contributed by atoms with van der Waals surface area (Å²) in [5.74, 6) is -1.01. The Morgan fingerprint density at radius 2 is 1.69 bits per heavy atom. The van der Waals surface area contributed by atoms with Gasteiger partial charge in [-0.1, -0.05) is 19.8 Å². The third kappa shape index (κ3) is 7.50. The van der Waals surface area contributed by atoms with Gasteiger partial charge in [0.05, 0.1) is 23.5 Å². The van der Waals surface area contributed by atoms with Crippen molar-refractivity contribution in [1.29, 1.82) is 0 Å². The van der Waals surface area contributed by atoms with Gasteiger partial charge in [0.2, 0.25) is 5.91 Å². The highest BCUT2D eigenvalue weighted by Gasteiger charge is 2.18. The van der Waals surface area contributed by atoms with Crippen molar-refractivity contribution in [2.75, 3.05) is 6.61 Å². The molecule has 0 atom stereocenters. The van der Waals surface area contributed by atoms with E-state index in [9.17, 15) is 24.5 Å². The summed E-state index contributed by atoms with van der Waals surface area (Å²) in [6, 6.07) is 10.4. The first-order valence-corrected chi connectivity index (χ1v) is 10.3. The molecule has 2 rings (SSSR count). The third-order valence-electron chi connectivity index (χ3n) is 4.70.